The summed E-state index contributed by atoms with van der Waals surface area (Å²) in [5, 5.41) is 3.99. The average Bonchev–Trinajstić information content (AvgIpc) is 2.84. The molecule has 0 spiro atoms. The Hall–Kier alpha value is -1.43. The summed E-state index contributed by atoms with van der Waals surface area (Å²) in [5.74, 6) is 1.72. The van der Waals surface area contributed by atoms with Crippen LogP contribution >= 0.6 is 0 Å². The second kappa shape index (κ2) is 5.75. The number of carbonyl (C=O) groups excluding carboxylic acids is 1. The summed E-state index contributed by atoms with van der Waals surface area (Å²) >= 11 is 0. The van der Waals surface area contributed by atoms with E-state index in [0.717, 1.165) is 38.0 Å². The van der Waals surface area contributed by atoms with Crippen molar-refractivity contribution in [2.45, 2.75) is 63.5 Å². The molecule has 1 aliphatic carbocycles. The Balaban J connectivity index is 1.61. The standard InChI is InChI=1S/C15H23N3O3/c1-15(8-3-4-9-20-15)14(19)18(2)10-12-16-13(21-17-12)11-6-5-7-11/h11H,3-10H2,1-2H3/t15-/m0/s1. The minimum absolute atomic E-state index is 0.00260. The third-order valence-electron chi connectivity index (χ3n) is 4.58. The minimum atomic E-state index is -0.701. The molecule has 2 fully saturated rings. The zero-order chi connectivity index (χ0) is 14.9. The van der Waals surface area contributed by atoms with Gasteiger partial charge >= 0.3 is 0 Å². The summed E-state index contributed by atoms with van der Waals surface area (Å²) in [5.41, 5.74) is -0.701. The summed E-state index contributed by atoms with van der Waals surface area (Å²) in [6, 6.07) is 0. The quantitative estimate of drug-likeness (QED) is 0.851. The van der Waals surface area contributed by atoms with Crippen molar-refractivity contribution in [3.8, 4) is 0 Å². The van der Waals surface area contributed by atoms with E-state index in [9.17, 15) is 4.79 Å². The van der Waals surface area contributed by atoms with Gasteiger partial charge in [0.1, 0.15) is 5.60 Å². The monoisotopic (exact) mass is 293 g/mol. The fourth-order valence-electron chi connectivity index (χ4n) is 2.94. The molecule has 116 valence electrons. The zero-order valence-corrected chi connectivity index (χ0v) is 12.8. The Kier molecular flexibility index (Phi) is 3.97. The average molecular weight is 293 g/mol. The van der Waals surface area contributed by atoms with Crippen molar-refractivity contribution in [3.05, 3.63) is 11.7 Å². The summed E-state index contributed by atoms with van der Waals surface area (Å²) in [7, 11) is 1.77. The van der Waals surface area contributed by atoms with Gasteiger partial charge in [-0.1, -0.05) is 11.6 Å². The highest BCUT2D eigenvalue weighted by atomic mass is 16.5. The predicted molar refractivity (Wildman–Crippen MR) is 75.6 cm³/mol. The molecule has 0 bridgehead atoms. The van der Waals surface area contributed by atoms with Gasteiger partial charge in [0.15, 0.2) is 5.82 Å². The molecule has 0 unspecified atom stereocenters. The van der Waals surface area contributed by atoms with E-state index in [1.807, 2.05) is 6.92 Å². The third kappa shape index (κ3) is 2.95. The molecule has 6 nitrogen and oxygen atoms in total. The number of rotatable bonds is 4. The van der Waals surface area contributed by atoms with Crippen molar-refractivity contribution < 1.29 is 14.1 Å². The molecule has 1 saturated carbocycles. The molecule has 1 aromatic rings. The van der Waals surface area contributed by atoms with E-state index in [1.165, 1.54) is 6.42 Å². The molecular formula is C15H23N3O3. The maximum Gasteiger partial charge on any atom is 0.254 e. The second-order valence-corrected chi connectivity index (χ2v) is 6.37. The van der Waals surface area contributed by atoms with Crippen LogP contribution in [-0.2, 0) is 16.1 Å². The van der Waals surface area contributed by atoms with Crippen molar-refractivity contribution in [2.75, 3.05) is 13.7 Å². The van der Waals surface area contributed by atoms with Crippen LogP contribution in [0.5, 0.6) is 0 Å². The van der Waals surface area contributed by atoms with Crippen LogP contribution in [0, 0.1) is 0 Å². The lowest BCUT2D eigenvalue weighted by Crippen LogP contribution is -2.48. The van der Waals surface area contributed by atoms with E-state index in [0.29, 0.717) is 24.9 Å². The molecule has 2 heterocycles. The van der Waals surface area contributed by atoms with Crippen LogP contribution in [0.4, 0.5) is 0 Å². The highest BCUT2D eigenvalue weighted by molar-refractivity contribution is 5.84. The highest BCUT2D eigenvalue weighted by Gasteiger charge is 2.38. The van der Waals surface area contributed by atoms with E-state index in [1.54, 1.807) is 11.9 Å². The maximum atomic E-state index is 12.5. The molecule has 0 radical (unpaired) electrons. The molecule has 0 aromatic carbocycles. The van der Waals surface area contributed by atoms with E-state index in [2.05, 4.69) is 10.1 Å². The number of likely N-dealkylation sites (N-methyl/N-ethyl adjacent to an activating group) is 1. The predicted octanol–water partition coefficient (Wildman–Crippen LogP) is 2.25. The molecule has 0 N–H and O–H groups in total. The molecule has 1 saturated heterocycles. The summed E-state index contributed by atoms with van der Waals surface area (Å²) in [6.07, 6.45) is 6.32. The van der Waals surface area contributed by atoms with Gasteiger partial charge in [-0.05, 0) is 39.0 Å². The molecule has 2 aliphatic rings. The van der Waals surface area contributed by atoms with Gasteiger partial charge in [0.05, 0.1) is 6.54 Å². The van der Waals surface area contributed by atoms with Gasteiger partial charge in [0.25, 0.3) is 5.91 Å². The van der Waals surface area contributed by atoms with Gasteiger partial charge in [-0.15, -0.1) is 0 Å². The first-order valence-electron chi connectivity index (χ1n) is 7.80. The highest BCUT2D eigenvalue weighted by Crippen LogP contribution is 2.35. The van der Waals surface area contributed by atoms with Gasteiger partial charge in [-0.25, -0.2) is 0 Å². The van der Waals surface area contributed by atoms with Crippen LogP contribution < -0.4 is 0 Å². The van der Waals surface area contributed by atoms with Crippen LogP contribution in [0.1, 0.15) is 63.1 Å². The van der Waals surface area contributed by atoms with Crippen LogP contribution in [-0.4, -0.2) is 40.2 Å². The Labute approximate surface area is 124 Å². The SMILES string of the molecule is CN(Cc1noc(C2CCC2)n1)C(=O)[C@]1(C)CCCCO1. The molecule has 1 amide bonds. The van der Waals surface area contributed by atoms with E-state index < -0.39 is 5.60 Å². The van der Waals surface area contributed by atoms with Gasteiger partial charge in [0, 0.05) is 19.6 Å². The minimum Gasteiger partial charge on any atom is -0.365 e. The van der Waals surface area contributed by atoms with Crippen LogP contribution in [0.2, 0.25) is 0 Å². The third-order valence-corrected chi connectivity index (χ3v) is 4.58. The molecule has 1 atom stereocenters. The normalized spacial score (nSPS) is 26.4. The Morgan fingerprint density at radius 2 is 2.19 bits per heavy atom. The largest absolute Gasteiger partial charge is 0.365 e. The second-order valence-electron chi connectivity index (χ2n) is 6.37. The van der Waals surface area contributed by atoms with E-state index >= 15 is 0 Å². The van der Waals surface area contributed by atoms with Crippen molar-refractivity contribution >= 4 is 5.91 Å². The van der Waals surface area contributed by atoms with Crippen molar-refractivity contribution in [3.63, 3.8) is 0 Å². The van der Waals surface area contributed by atoms with Gasteiger partial charge in [-0.3, -0.25) is 4.79 Å². The smallest absolute Gasteiger partial charge is 0.254 e. The Bertz CT molecular complexity index is 504. The number of aromatic nitrogens is 2. The number of nitrogens with zero attached hydrogens (tertiary/aromatic N) is 3. The number of hydrogen-bond donors (Lipinski definition) is 0. The first kappa shape index (κ1) is 14.5. The van der Waals surface area contributed by atoms with E-state index in [-0.39, 0.29) is 5.91 Å². The Morgan fingerprint density at radius 3 is 2.81 bits per heavy atom. The van der Waals surface area contributed by atoms with Crippen molar-refractivity contribution in [1.29, 1.82) is 0 Å². The molecule has 1 aliphatic heterocycles. The molecule has 1 aromatic heterocycles. The lowest BCUT2D eigenvalue weighted by Gasteiger charge is -2.35. The molecule has 21 heavy (non-hydrogen) atoms. The number of ether oxygens (including phenoxy) is 1. The van der Waals surface area contributed by atoms with Crippen molar-refractivity contribution in [1.82, 2.24) is 15.0 Å². The maximum absolute atomic E-state index is 12.5. The van der Waals surface area contributed by atoms with Gasteiger partial charge in [0.2, 0.25) is 5.89 Å². The molecule has 6 heteroatoms. The first-order valence-corrected chi connectivity index (χ1v) is 7.80. The number of hydrogen-bond acceptors (Lipinski definition) is 5. The van der Waals surface area contributed by atoms with Gasteiger partial charge in [-0.2, -0.15) is 4.98 Å². The summed E-state index contributed by atoms with van der Waals surface area (Å²) < 4.78 is 11.0. The lowest BCUT2D eigenvalue weighted by molar-refractivity contribution is -0.161. The first-order chi connectivity index (χ1) is 10.1. The topological polar surface area (TPSA) is 68.5 Å². The molecular weight excluding hydrogens is 270 g/mol. The fourth-order valence-corrected chi connectivity index (χ4v) is 2.94. The van der Waals surface area contributed by atoms with Crippen LogP contribution in [0.25, 0.3) is 0 Å². The van der Waals surface area contributed by atoms with Crippen molar-refractivity contribution in [2.24, 2.45) is 0 Å². The van der Waals surface area contributed by atoms with Crippen LogP contribution in [0.3, 0.4) is 0 Å². The lowest BCUT2D eigenvalue weighted by atomic mass is 9.85. The Morgan fingerprint density at radius 1 is 1.38 bits per heavy atom. The number of amides is 1. The number of carbonyl (C=O) groups is 1. The fraction of sp³-hybridized carbons (Fsp3) is 0.800. The summed E-state index contributed by atoms with van der Waals surface area (Å²) in [4.78, 5) is 18.6. The van der Waals surface area contributed by atoms with Crippen LogP contribution in [0.15, 0.2) is 4.52 Å². The summed E-state index contributed by atoms with van der Waals surface area (Å²) in [6.45, 7) is 2.90. The van der Waals surface area contributed by atoms with Gasteiger partial charge < -0.3 is 14.2 Å². The molecule has 3 rings (SSSR count). The van der Waals surface area contributed by atoms with E-state index in [4.69, 9.17) is 9.26 Å². The zero-order valence-electron chi connectivity index (χ0n) is 12.8.